The van der Waals surface area contributed by atoms with Crippen molar-refractivity contribution in [3.05, 3.63) is 29.3 Å². The molecule has 4 heteroatoms. The molecule has 3 nitrogen and oxygen atoms in total. The van der Waals surface area contributed by atoms with Crippen LogP contribution in [-0.2, 0) is 0 Å². The van der Waals surface area contributed by atoms with E-state index in [0.717, 1.165) is 29.0 Å². The molecule has 1 atom stereocenters. The van der Waals surface area contributed by atoms with Crippen molar-refractivity contribution in [3.63, 3.8) is 0 Å². The van der Waals surface area contributed by atoms with Crippen molar-refractivity contribution < 1.29 is 4.79 Å². The van der Waals surface area contributed by atoms with Crippen LogP contribution in [0.2, 0.25) is 0 Å². The average molecular weight is 266 g/mol. The number of anilines is 1. The van der Waals surface area contributed by atoms with E-state index in [1.165, 1.54) is 0 Å². The van der Waals surface area contributed by atoms with Crippen LogP contribution in [0.3, 0.4) is 0 Å². The molecule has 0 heterocycles. The van der Waals surface area contributed by atoms with E-state index in [0.29, 0.717) is 0 Å². The van der Waals surface area contributed by atoms with Crippen LogP contribution in [0.15, 0.2) is 18.2 Å². The summed E-state index contributed by atoms with van der Waals surface area (Å²) in [6.45, 7) is 4.04. The number of thioether (sulfide) groups is 1. The van der Waals surface area contributed by atoms with Crippen molar-refractivity contribution in [1.82, 2.24) is 5.32 Å². The first kappa shape index (κ1) is 14.9. The van der Waals surface area contributed by atoms with Crippen molar-refractivity contribution in [1.29, 1.82) is 0 Å². The second kappa shape index (κ2) is 7.31. The predicted octanol–water partition coefficient (Wildman–Crippen LogP) is 2.91. The molecular weight excluding hydrogens is 244 g/mol. The molecule has 1 unspecified atom stereocenters. The molecule has 1 rings (SSSR count). The monoisotopic (exact) mass is 266 g/mol. The summed E-state index contributed by atoms with van der Waals surface area (Å²) in [7, 11) is 1.88. The van der Waals surface area contributed by atoms with Crippen LogP contribution in [0, 0.1) is 6.92 Å². The molecule has 100 valence electrons. The van der Waals surface area contributed by atoms with E-state index in [4.69, 9.17) is 0 Å². The summed E-state index contributed by atoms with van der Waals surface area (Å²) in [5.41, 5.74) is 2.87. The molecule has 0 saturated carbocycles. The third kappa shape index (κ3) is 4.26. The zero-order chi connectivity index (χ0) is 13.5. The molecule has 2 N–H and O–H groups in total. The standard InChI is InChI=1S/C14H22N2OS/c1-10-9-12(5-6-13(10)15-3)14(17)16-11(2)7-8-18-4/h5-6,9,11,15H,7-8H2,1-4H3,(H,16,17). The number of carbonyl (C=O) groups excluding carboxylic acids is 1. The lowest BCUT2D eigenvalue weighted by atomic mass is 10.1. The summed E-state index contributed by atoms with van der Waals surface area (Å²) in [6, 6.07) is 5.93. The maximum atomic E-state index is 12.0. The number of nitrogens with one attached hydrogen (secondary N) is 2. The highest BCUT2D eigenvalue weighted by atomic mass is 32.2. The Kier molecular flexibility index (Phi) is 6.05. The van der Waals surface area contributed by atoms with Gasteiger partial charge in [0.2, 0.25) is 0 Å². The van der Waals surface area contributed by atoms with Crippen molar-refractivity contribution >= 4 is 23.4 Å². The first-order valence-corrected chi connectivity index (χ1v) is 7.56. The highest BCUT2D eigenvalue weighted by Crippen LogP contribution is 2.15. The number of amides is 1. The molecule has 0 radical (unpaired) electrons. The Morgan fingerprint density at radius 1 is 1.44 bits per heavy atom. The number of aryl methyl sites for hydroxylation is 1. The van der Waals surface area contributed by atoms with Crippen LogP contribution in [0.1, 0.15) is 29.3 Å². The van der Waals surface area contributed by atoms with Crippen molar-refractivity contribution in [2.75, 3.05) is 24.4 Å². The highest BCUT2D eigenvalue weighted by Gasteiger charge is 2.10. The van der Waals surface area contributed by atoms with Crippen molar-refractivity contribution in [3.8, 4) is 0 Å². The lowest BCUT2D eigenvalue weighted by Gasteiger charge is -2.14. The fraction of sp³-hybridized carbons (Fsp3) is 0.500. The topological polar surface area (TPSA) is 41.1 Å². The zero-order valence-electron chi connectivity index (χ0n) is 11.5. The van der Waals surface area contributed by atoms with Gasteiger partial charge in [0.25, 0.3) is 5.91 Å². The quantitative estimate of drug-likeness (QED) is 0.832. The van der Waals surface area contributed by atoms with E-state index < -0.39 is 0 Å². The predicted molar refractivity (Wildman–Crippen MR) is 80.7 cm³/mol. The van der Waals surface area contributed by atoms with Gasteiger partial charge in [-0.2, -0.15) is 11.8 Å². The molecule has 0 aliphatic rings. The number of hydrogen-bond acceptors (Lipinski definition) is 3. The van der Waals surface area contributed by atoms with Crippen molar-refractivity contribution in [2.24, 2.45) is 0 Å². The molecular formula is C14H22N2OS. The molecule has 1 amide bonds. The SMILES string of the molecule is CNc1ccc(C(=O)NC(C)CCSC)cc1C. The van der Waals surface area contributed by atoms with Gasteiger partial charge >= 0.3 is 0 Å². The number of benzene rings is 1. The molecule has 0 saturated heterocycles. The number of rotatable bonds is 6. The third-order valence-electron chi connectivity index (χ3n) is 2.89. The maximum absolute atomic E-state index is 12.0. The van der Waals surface area contributed by atoms with Gasteiger partial charge in [0.1, 0.15) is 0 Å². The van der Waals surface area contributed by atoms with Crippen LogP contribution < -0.4 is 10.6 Å². The van der Waals surface area contributed by atoms with Crippen LogP contribution >= 0.6 is 11.8 Å². The minimum Gasteiger partial charge on any atom is -0.388 e. The Labute approximate surface area is 114 Å². The van der Waals surface area contributed by atoms with E-state index in [1.54, 1.807) is 11.8 Å². The van der Waals surface area contributed by atoms with Crippen LogP contribution in [0.5, 0.6) is 0 Å². The van der Waals surface area contributed by atoms with E-state index >= 15 is 0 Å². The van der Waals surface area contributed by atoms with Gasteiger partial charge < -0.3 is 10.6 Å². The second-order valence-corrected chi connectivity index (χ2v) is 5.42. The Morgan fingerprint density at radius 2 is 2.17 bits per heavy atom. The molecule has 0 bridgehead atoms. The Morgan fingerprint density at radius 3 is 2.72 bits per heavy atom. The minimum absolute atomic E-state index is 0.00866. The van der Waals surface area contributed by atoms with Gasteiger partial charge in [-0.05, 0) is 56.0 Å². The molecule has 0 aliphatic carbocycles. The van der Waals surface area contributed by atoms with Crippen LogP contribution in [-0.4, -0.2) is 31.0 Å². The van der Waals surface area contributed by atoms with Gasteiger partial charge in [-0.3, -0.25) is 4.79 Å². The van der Waals surface area contributed by atoms with Gasteiger partial charge in [0.15, 0.2) is 0 Å². The fourth-order valence-corrected chi connectivity index (χ4v) is 2.35. The normalized spacial score (nSPS) is 12.0. The number of hydrogen-bond donors (Lipinski definition) is 2. The zero-order valence-corrected chi connectivity index (χ0v) is 12.4. The van der Waals surface area contributed by atoms with E-state index in [-0.39, 0.29) is 11.9 Å². The molecule has 1 aromatic rings. The van der Waals surface area contributed by atoms with Gasteiger partial charge in [0, 0.05) is 24.3 Å². The minimum atomic E-state index is 0.00866. The summed E-state index contributed by atoms with van der Waals surface area (Å²) in [4.78, 5) is 12.0. The van der Waals surface area contributed by atoms with Gasteiger partial charge in [-0.15, -0.1) is 0 Å². The highest BCUT2D eigenvalue weighted by molar-refractivity contribution is 7.98. The summed E-state index contributed by atoms with van der Waals surface area (Å²) < 4.78 is 0. The van der Waals surface area contributed by atoms with Gasteiger partial charge in [-0.1, -0.05) is 0 Å². The van der Waals surface area contributed by atoms with E-state index in [2.05, 4.69) is 16.9 Å². The lowest BCUT2D eigenvalue weighted by Crippen LogP contribution is -2.32. The van der Waals surface area contributed by atoms with Crippen molar-refractivity contribution in [2.45, 2.75) is 26.3 Å². The summed E-state index contributed by atoms with van der Waals surface area (Å²) in [6.07, 6.45) is 3.08. The van der Waals surface area contributed by atoms with Crippen LogP contribution in [0.25, 0.3) is 0 Å². The van der Waals surface area contributed by atoms with E-state index in [1.807, 2.05) is 39.1 Å². The fourth-order valence-electron chi connectivity index (χ4n) is 1.76. The van der Waals surface area contributed by atoms with Gasteiger partial charge in [-0.25, -0.2) is 0 Å². The first-order valence-electron chi connectivity index (χ1n) is 6.16. The molecule has 1 aromatic carbocycles. The molecule has 0 aliphatic heterocycles. The second-order valence-electron chi connectivity index (χ2n) is 4.44. The molecule has 0 spiro atoms. The third-order valence-corrected chi connectivity index (χ3v) is 3.53. The smallest absolute Gasteiger partial charge is 0.251 e. The first-order chi connectivity index (χ1) is 8.58. The van der Waals surface area contributed by atoms with Gasteiger partial charge in [0.05, 0.1) is 0 Å². The largest absolute Gasteiger partial charge is 0.388 e. The average Bonchev–Trinajstić information content (AvgIpc) is 2.36. The summed E-state index contributed by atoms with van der Waals surface area (Å²) >= 11 is 1.80. The van der Waals surface area contributed by atoms with Crippen LogP contribution in [0.4, 0.5) is 5.69 Å². The number of carbonyl (C=O) groups is 1. The maximum Gasteiger partial charge on any atom is 0.251 e. The Balaban J connectivity index is 2.64. The molecule has 18 heavy (non-hydrogen) atoms. The lowest BCUT2D eigenvalue weighted by molar-refractivity contribution is 0.0939. The summed E-state index contributed by atoms with van der Waals surface area (Å²) in [5, 5.41) is 6.12. The molecule has 0 aromatic heterocycles. The van der Waals surface area contributed by atoms with E-state index in [9.17, 15) is 4.79 Å². The Bertz CT molecular complexity index is 407. The summed E-state index contributed by atoms with van der Waals surface area (Å²) in [5.74, 6) is 1.08. The Hall–Kier alpha value is -1.16. The molecule has 0 fully saturated rings.